The lowest BCUT2D eigenvalue weighted by Gasteiger charge is -2.29. The van der Waals surface area contributed by atoms with Crippen LogP contribution in [0.25, 0.3) is 0 Å². The Balaban J connectivity index is 2.12. The van der Waals surface area contributed by atoms with Crippen molar-refractivity contribution in [3.8, 4) is 0 Å². The topological polar surface area (TPSA) is 102 Å². The average molecular weight is 395 g/mol. The summed E-state index contributed by atoms with van der Waals surface area (Å²) in [6.45, 7) is 11.1. The van der Waals surface area contributed by atoms with Gasteiger partial charge in [-0.3, -0.25) is 9.59 Å². The van der Waals surface area contributed by atoms with Gasteiger partial charge >= 0.3 is 12.1 Å². The Kier molecular flexibility index (Phi) is 6.36. The van der Waals surface area contributed by atoms with E-state index in [0.717, 1.165) is 0 Å². The molecule has 0 aliphatic carbocycles. The van der Waals surface area contributed by atoms with Crippen molar-refractivity contribution in [2.75, 3.05) is 19.6 Å². The van der Waals surface area contributed by atoms with E-state index in [4.69, 9.17) is 14.0 Å². The van der Waals surface area contributed by atoms with E-state index < -0.39 is 29.2 Å². The van der Waals surface area contributed by atoms with Gasteiger partial charge in [0.2, 0.25) is 0 Å². The van der Waals surface area contributed by atoms with Crippen LogP contribution < -0.4 is 0 Å². The molecule has 1 aliphatic rings. The van der Waals surface area contributed by atoms with Crippen molar-refractivity contribution in [2.24, 2.45) is 0 Å². The number of rotatable bonds is 4. The molecule has 9 nitrogen and oxygen atoms in total. The lowest BCUT2D eigenvalue weighted by atomic mass is 10.2. The average Bonchev–Trinajstić information content (AvgIpc) is 3.20. The first-order valence-electron chi connectivity index (χ1n) is 9.27. The zero-order valence-electron chi connectivity index (χ0n) is 17.4. The van der Waals surface area contributed by atoms with Gasteiger partial charge in [0.1, 0.15) is 24.0 Å². The predicted molar refractivity (Wildman–Crippen MR) is 99.6 cm³/mol. The van der Waals surface area contributed by atoms with Crippen LogP contribution in [0.4, 0.5) is 4.79 Å². The molecule has 0 bridgehead atoms. The zero-order valence-corrected chi connectivity index (χ0v) is 17.4. The second kappa shape index (κ2) is 8.20. The summed E-state index contributed by atoms with van der Waals surface area (Å²) in [5.41, 5.74) is -1.18. The number of carbonyl (C=O) groups is 3. The van der Waals surface area contributed by atoms with Crippen molar-refractivity contribution in [2.45, 2.75) is 65.2 Å². The highest BCUT2D eigenvalue weighted by Crippen LogP contribution is 2.21. The molecule has 1 saturated heterocycles. The molecule has 1 fully saturated rings. The van der Waals surface area contributed by atoms with Crippen LogP contribution in [0.1, 0.15) is 58.5 Å². The first kappa shape index (κ1) is 21.7. The standard InChI is InChI=1S/C19H29N3O6/c1-18(2,3)27-15(23)12-22(16(24)14-8-10-26-20-14)13-7-9-21(11-13)17(25)28-19(4,5)6/h8,10,13H,7,9,11-12H2,1-6H3. The fraction of sp³-hybridized carbons (Fsp3) is 0.684. The number of nitrogens with zero attached hydrogens (tertiary/aromatic N) is 3. The van der Waals surface area contributed by atoms with Crippen molar-refractivity contribution in [3.05, 3.63) is 18.0 Å². The molecule has 1 aromatic heterocycles. The van der Waals surface area contributed by atoms with Gasteiger partial charge < -0.3 is 23.8 Å². The number of hydrogen-bond donors (Lipinski definition) is 0. The largest absolute Gasteiger partial charge is 0.459 e. The van der Waals surface area contributed by atoms with Gasteiger partial charge in [-0.05, 0) is 48.0 Å². The van der Waals surface area contributed by atoms with E-state index in [1.165, 1.54) is 22.1 Å². The van der Waals surface area contributed by atoms with Crippen molar-refractivity contribution in [1.29, 1.82) is 0 Å². The Bertz CT molecular complexity index is 702. The van der Waals surface area contributed by atoms with Crippen LogP contribution in [0, 0.1) is 0 Å². The summed E-state index contributed by atoms with van der Waals surface area (Å²) in [5.74, 6) is -0.976. The van der Waals surface area contributed by atoms with E-state index in [2.05, 4.69) is 5.16 Å². The molecule has 1 aliphatic heterocycles. The second-order valence-corrected chi connectivity index (χ2v) is 8.77. The third kappa shape index (κ3) is 6.24. The number of likely N-dealkylation sites (tertiary alicyclic amines) is 1. The number of esters is 1. The van der Waals surface area contributed by atoms with Crippen LogP contribution in [-0.4, -0.2) is 69.8 Å². The first-order chi connectivity index (χ1) is 12.9. The maximum absolute atomic E-state index is 12.9. The Morgan fingerprint density at radius 1 is 1.18 bits per heavy atom. The van der Waals surface area contributed by atoms with Gasteiger partial charge in [-0.1, -0.05) is 5.16 Å². The fourth-order valence-corrected chi connectivity index (χ4v) is 2.84. The van der Waals surface area contributed by atoms with Crippen LogP contribution in [-0.2, 0) is 14.3 Å². The smallest absolute Gasteiger partial charge is 0.410 e. The van der Waals surface area contributed by atoms with E-state index in [-0.39, 0.29) is 24.8 Å². The van der Waals surface area contributed by atoms with Crippen molar-refractivity contribution in [1.82, 2.24) is 15.0 Å². The summed E-state index contributed by atoms with van der Waals surface area (Å²) in [5, 5.41) is 3.67. The molecule has 156 valence electrons. The Hall–Kier alpha value is -2.58. The molecule has 1 atom stereocenters. The van der Waals surface area contributed by atoms with E-state index >= 15 is 0 Å². The Labute approximate surface area is 164 Å². The highest BCUT2D eigenvalue weighted by molar-refractivity contribution is 5.94. The van der Waals surface area contributed by atoms with Crippen molar-refractivity contribution in [3.63, 3.8) is 0 Å². The van der Waals surface area contributed by atoms with E-state index in [0.29, 0.717) is 13.0 Å². The highest BCUT2D eigenvalue weighted by atomic mass is 16.6. The minimum absolute atomic E-state index is 0.0966. The maximum Gasteiger partial charge on any atom is 0.410 e. The predicted octanol–water partition coefficient (Wildman–Crippen LogP) is 2.47. The summed E-state index contributed by atoms with van der Waals surface area (Å²) in [7, 11) is 0. The number of amides is 2. The molecule has 0 radical (unpaired) electrons. The molecule has 2 amide bonds. The van der Waals surface area contributed by atoms with Crippen LogP contribution in [0.5, 0.6) is 0 Å². The summed E-state index contributed by atoms with van der Waals surface area (Å²) in [6, 6.07) is 1.08. The SMILES string of the molecule is CC(C)(C)OC(=O)CN(C(=O)c1ccon1)C1CCN(C(=O)OC(C)(C)C)C1. The fourth-order valence-electron chi connectivity index (χ4n) is 2.84. The minimum Gasteiger partial charge on any atom is -0.459 e. The molecule has 0 aromatic carbocycles. The minimum atomic E-state index is -0.669. The monoisotopic (exact) mass is 395 g/mol. The van der Waals surface area contributed by atoms with E-state index in [1.54, 1.807) is 41.5 Å². The number of aromatic nitrogens is 1. The third-order valence-corrected chi connectivity index (χ3v) is 3.89. The van der Waals surface area contributed by atoms with Crippen LogP contribution >= 0.6 is 0 Å². The van der Waals surface area contributed by atoms with Crippen LogP contribution in [0.2, 0.25) is 0 Å². The molecule has 28 heavy (non-hydrogen) atoms. The Morgan fingerprint density at radius 2 is 1.82 bits per heavy atom. The van der Waals surface area contributed by atoms with Crippen molar-refractivity contribution >= 4 is 18.0 Å². The van der Waals surface area contributed by atoms with Crippen LogP contribution in [0.3, 0.4) is 0 Å². The van der Waals surface area contributed by atoms with Gasteiger partial charge in [-0.2, -0.15) is 0 Å². The summed E-state index contributed by atoms with van der Waals surface area (Å²) >= 11 is 0. The van der Waals surface area contributed by atoms with Gasteiger partial charge in [0.25, 0.3) is 5.91 Å². The molecule has 1 unspecified atom stereocenters. The Morgan fingerprint density at radius 3 is 2.36 bits per heavy atom. The molecule has 2 rings (SSSR count). The van der Waals surface area contributed by atoms with Gasteiger partial charge in [0.05, 0.1) is 6.04 Å². The molecule has 0 N–H and O–H groups in total. The summed E-state index contributed by atoms with van der Waals surface area (Å²) in [6.07, 6.45) is 1.37. The van der Waals surface area contributed by atoms with Crippen LogP contribution in [0.15, 0.2) is 16.9 Å². The van der Waals surface area contributed by atoms with E-state index in [1.807, 2.05) is 0 Å². The lowest BCUT2D eigenvalue weighted by molar-refractivity contribution is -0.156. The maximum atomic E-state index is 12.9. The van der Waals surface area contributed by atoms with Gasteiger partial charge in [0, 0.05) is 19.2 Å². The number of carbonyl (C=O) groups excluding carboxylic acids is 3. The number of hydrogen-bond acceptors (Lipinski definition) is 7. The third-order valence-electron chi connectivity index (χ3n) is 3.89. The second-order valence-electron chi connectivity index (χ2n) is 8.77. The van der Waals surface area contributed by atoms with Gasteiger partial charge in [0.15, 0.2) is 5.69 Å². The zero-order chi connectivity index (χ0) is 21.1. The van der Waals surface area contributed by atoms with Crippen molar-refractivity contribution < 1.29 is 28.4 Å². The quantitative estimate of drug-likeness (QED) is 0.722. The molecule has 9 heteroatoms. The first-order valence-corrected chi connectivity index (χ1v) is 9.27. The summed E-state index contributed by atoms with van der Waals surface area (Å²) in [4.78, 5) is 40.4. The molecule has 2 heterocycles. The molecular weight excluding hydrogens is 366 g/mol. The number of ether oxygens (including phenoxy) is 2. The molecule has 0 spiro atoms. The molecular formula is C19H29N3O6. The van der Waals surface area contributed by atoms with E-state index in [9.17, 15) is 14.4 Å². The molecule has 1 aromatic rings. The van der Waals surface area contributed by atoms with Gasteiger partial charge in [-0.15, -0.1) is 0 Å². The highest BCUT2D eigenvalue weighted by Gasteiger charge is 2.37. The van der Waals surface area contributed by atoms with Gasteiger partial charge in [-0.25, -0.2) is 4.79 Å². The lowest BCUT2D eigenvalue weighted by Crippen LogP contribution is -2.47. The normalized spacial score (nSPS) is 17.4. The summed E-state index contributed by atoms with van der Waals surface area (Å²) < 4.78 is 15.5. The molecule has 0 saturated carbocycles.